The third kappa shape index (κ3) is 2.42. The second-order valence-electron chi connectivity index (χ2n) is 8.32. The highest BCUT2D eigenvalue weighted by molar-refractivity contribution is 6.17. The summed E-state index contributed by atoms with van der Waals surface area (Å²) in [5, 5.41) is 0. The Labute approximate surface area is 133 Å². The van der Waals surface area contributed by atoms with Crippen LogP contribution in [0.25, 0.3) is 0 Å². The van der Waals surface area contributed by atoms with Gasteiger partial charge >= 0.3 is 0 Å². The molecule has 21 heavy (non-hydrogen) atoms. The molecule has 1 unspecified atom stereocenters. The maximum absolute atomic E-state index is 13.4. The van der Waals surface area contributed by atoms with Gasteiger partial charge in [-0.1, -0.05) is 0 Å². The lowest BCUT2D eigenvalue weighted by molar-refractivity contribution is -0.158. The Morgan fingerprint density at radius 2 is 1.71 bits per heavy atom. The smallest absolute Gasteiger partial charge is 0.229 e. The minimum atomic E-state index is 0.0539. The second kappa shape index (κ2) is 5.44. The molecule has 0 spiro atoms. The molecule has 0 aromatic carbocycles. The summed E-state index contributed by atoms with van der Waals surface area (Å²) < 4.78 is 0. The molecule has 0 aromatic rings. The van der Waals surface area contributed by atoms with Crippen LogP contribution < -0.4 is 0 Å². The first-order valence-corrected chi connectivity index (χ1v) is 9.61. The molecule has 5 rings (SSSR count). The molecular weight excluding hydrogens is 282 g/mol. The van der Waals surface area contributed by atoms with E-state index in [1.54, 1.807) is 0 Å². The molecule has 3 heteroatoms. The lowest BCUT2D eigenvalue weighted by Gasteiger charge is -2.56. The first-order chi connectivity index (χ1) is 10.2. The molecule has 1 amide bonds. The Morgan fingerprint density at radius 1 is 1.10 bits per heavy atom. The van der Waals surface area contributed by atoms with E-state index >= 15 is 0 Å². The first-order valence-electron chi connectivity index (χ1n) is 9.07. The van der Waals surface area contributed by atoms with Crippen molar-refractivity contribution in [3.05, 3.63) is 0 Å². The number of rotatable bonds is 4. The highest BCUT2D eigenvalue weighted by Crippen LogP contribution is 2.60. The summed E-state index contributed by atoms with van der Waals surface area (Å²) in [5.74, 6) is 3.87. The van der Waals surface area contributed by atoms with Crippen LogP contribution in [0.5, 0.6) is 0 Å². The molecule has 0 N–H and O–H groups in total. The van der Waals surface area contributed by atoms with Crippen molar-refractivity contribution >= 4 is 17.5 Å². The third-order valence-electron chi connectivity index (χ3n) is 6.80. The van der Waals surface area contributed by atoms with Gasteiger partial charge in [-0.3, -0.25) is 4.79 Å². The van der Waals surface area contributed by atoms with Gasteiger partial charge < -0.3 is 4.90 Å². The highest BCUT2D eigenvalue weighted by atomic mass is 35.5. The van der Waals surface area contributed by atoms with Crippen LogP contribution in [0.2, 0.25) is 0 Å². The Hall–Kier alpha value is -0.240. The molecule has 4 aliphatic carbocycles. The van der Waals surface area contributed by atoms with Gasteiger partial charge in [0, 0.05) is 18.5 Å². The Kier molecular flexibility index (Phi) is 3.72. The third-order valence-corrected chi connectivity index (χ3v) is 7.07. The molecule has 4 bridgehead atoms. The van der Waals surface area contributed by atoms with Crippen LogP contribution in [0, 0.1) is 23.2 Å². The van der Waals surface area contributed by atoms with Crippen molar-refractivity contribution in [3.63, 3.8) is 0 Å². The lowest BCUT2D eigenvalue weighted by atomic mass is 9.49. The number of hydrogen-bond donors (Lipinski definition) is 0. The lowest BCUT2D eigenvalue weighted by Crippen LogP contribution is -2.55. The number of amides is 1. The van der Waals surface area contributed by atoms with Crippen LogP contribution in [0.1, 0.15) is 64.2 Å². The zero-order chi connectivity index (χ0) is 14.4. The molecule has 0 radical (unpaired) electrons. The zero-order valence-corrected chi connectivity index (χ0v) is 13.8. The standard InChI is InChI=1S/C18H28ClNO/c19-5-1-3-16-4-2-6-20(16)17(21)18-10-13-7-14(11-18)9-15(8-13)12-18/h13-16H,1-12H2. The topological polar surface area (TPSA) is 20.3 Å². The van der Waals surface area contributed by atoms with E-state index in [1.165, 1.54) is 51.4 Å². The SMILES string of the molecule is O=C(N1CCCC1CCCCl)C12CC3CC(CC(C3)C1)C2. The average Bonchev–Trinajstić information content (AvgIpc) is 2.91. The molecule has 5 fully saturated rings. The summed E-state index contributed by atoms with van der Waals surface area (Å²) in [5.41, 5.74) is 0.0539. The summed E-state index contributed by atoms with van der Waals surface area (Å²) in [6.07, 6.45) is 12.4. The Balaban J connectivity index is 1.51. The van der Waals surface area contributed by atoms with Crippen LogP contribution >= 0.6 is 11.6 Å². The molecule has 1 aliphatic heterocycles. The molecule has 118 valence electrons. The van der Waals surface area contributed by atoms with E-state index < -0.39 is 0 Å². The van der Waals surface area contributed by atoms with Gasteiger partial charge in [-0.05, 0) is 82.0 Å². The van der Waals surface area contributed by atoms with E-state index in [2.05, 4.69) is 4.90 Å². The molecule has 5 aliphatic rings. The van der Waals surface area contributed by atoms with E-state index in [1.807, 2.05) is 0 Å². The van der Waals surface area contributed by atoms with Crippen molar-refractivity contribution in [2.75, 3.05) is 12.4 Å². The fourth-order valence-electron chi connectivity index (χ4n) is 6.39. The number of halogens is 1. The van der Waals surface area contributed by atoms with Crippen LogP contribution in [0.15, 0.2) is 0 Å². The van der Waals surface area contributed by atoms with Gasteiger partial charge in [0.25, 0.3) is 0 Å². The molecule has 2 nitrogen and oxygen atoms in total. The largest absolute Gasteiger partial charge is 0.339 e. The van der Waals surface area contributed by atoms with Crippen molar-refractivity contribution in [1.29, 1.82) is 0 Å². The van der Waals surface area contributed by atoms with Crippen molar-refractivity contribution in [3.8, 4) is 0 Å². The normalized spacial score (nSPS) is 44.5. The number of hydrogen-bond acceptors (Lipinski definition) is 1. The van der Waals surface area contributed by atoms with Crippen molar-refractivity contribution in [2.24, 2.45) is 23.2 Å². The quantitative estimate of drug-likeness (QED) is 0.712. The second-order valence-corrected chi connectivity index (χ2v) is 8.70. The van der Waals surface area contributed by atoms with Crippen LogP contribution in [0.3, 0.4) is 0 Å². The van der Waals surface area contributed by atoms with Gasteiger partial charge in [-0.15, -0.1) is 11.6 Å². The first kappa shape index (κ1) is 14.4. The fourth-order valence-corrected chi connectivity index (χ4v) is 6.55. The average molecular weight is 310 g/mol. The molecular formula is C18H28ClNO. The van der Waals surface area contributed by atoms with E-state index in [4.69, 9.17) is 11.6 Å². The van der Waals surface area contributed by atoms with Crippen LogP contribution in [-0.2, 0) is 4.79 Å². The number of nitrogens with zero attached hydrogens (tertiary/aromatic N) is 1. The molecule has 1 atom stereocenters. The number of likely N-dealkylation sites (tertiary alicyclic amines) is 1. The van der Waals surface area contributed by atoms with Gasteiger partial charge in [0.1, 0.15) is 0 Å². The Bertz CT molecular complexity index is 386. The van der Waals surface area contributed by atoms with Crippen molar-refractivity contribution in [1.82, 2.24) is 4.90 Å². The minimum Gasteiger partial charge on any atom is -0.339 e. The zero-order valence-electron chi connectivity index (χ0n) is 13.0. The van der Waals surface area contributed by atoms with Crippen molar-refractivity contribution in [2.45, 2.75) is 70.3 Å². The summed E-state index contributed by atoms with van der Waals surface area (Å²) in [7, 11) is 0. The monoisotopic (exact) mass is 309 g/mol. The summed E-state index contributed by atoms with van der Waals surface area (Å²) in [6.45, 7) is 1.01. The van der Waals surface area contributed by atoms with Crippen molar-refractivity contribution < 1.29 is 4.79 Å². The van der Waals surface area contributed by atoms with Gasteiger partial charge in [-0.25, -0.2) is 0 Å². The number of carbonyl (C=O) groups excluding carboxylic acids is 1. The maximum atomic E-state index is 13.4. The molecule has 4 saturated carbocycles. The molecule has 1 saturated heterocycles. The van der Waals surface area contributed by atoms with E-state index in [0.29, 0.717) is 11.9 Å². The van der Waals surface area contributed by atoms with E-state index in [9.17, 15) is 4.79 Å². The van der Waals surface area contributed by atoms with E-state index in [-0.39, 0.29) is 5.41 Å². The van der Waals surface area contributed by atoms with Gasteiger partial charge in [0.05, 0.1) is 5.41 Å². The fraction of sp³-hybridized carbons (Fsp3) is 0.944. The predicted molar refractivity (Wildman–Crippen MR) is 85.3 cm³/mol. The summed E-state index contributed by atoms with van der Waals surface area (Å²) in [6, 6.07) is 0.490. The molecule has 0 aromatic heterocycles. The van der Waals surface area contributed by atoms with Gasteiger partial charge in [-0.2, -0.15) is 0 Å². The van der Waals surface area contributed by atoms with Gasteiger partial charge in [0.15, 0.2) is 0 Å². The number of alkyl halides is 1. The van der Waals surface area contributed by atoms with Gasteiger partial charge in [0.2, 0.25) is 5.91 Å². The van der Waals surface area contributed by atoms with E-state index in [0.717, 1.165) is 43.0 Å². The van der Waals surface area contributed by atoms with Crippen LogP contribution in [0.4, 0.5) is 0 Å². The number of carbonyl (C=O) groups is 1. The summed E-state index contributed by atoms with van der Waals surface area (Å²) in [4.78, 5) is 15.6. The van der Waals surface area contributed by atoms with Crippen LogP contribution in [-0.4, -0.2) is 29.3 Å². The summed E-state index contributed by atoms with van der Waals surface area (Å²) >= 11 is 5.86. The molecule has 1 heterocycles. The highest BCUT2D eigenvalue weighted by Gasteiger charge is 2.56. The predicted octanol–water partition coefficient (Wildman–Crippen LogP) is 4.21. The maximum Gasteiger partial charge on any atom is 0.229 e. The minimum absolute atomic E-state index is 0.0539. The Morgan fingerprint density at radius 3 is 2.29 bits per heavy atom.